The van der Waals surface area contributed by atoms with Gasteiger partial charge in [-0.1, -0.05) is 0 Å². The Bertz CT molecular complexity index is 2790. The summed E-state index contributed by atoms with van der Waals surface area (Å²) >= 11 is 0. The van der Waals surface area contributed by atoms with Crippen molar-refractivity contribution in [3.8, 4) is 0 Å². The van der Waals surface area contributed by atoms with Crippen LogP contribution in [0.25, 0.3) is 0 Å². The number of hydrogen-bond donors (Lipinski definition) is 2. The van der Waals surface area contributed by atoms with Crippen LogP contribution in [0.5, 0.6) is 0 Å². The molecule has 2 saturated carbocycles. The minimum atomic E-state index is -4.16. The van der Waals surface area contributed by atoms with Crippen molar-refractivity contribution in [2.75, 3.05) is 49.1 Å². The normalized spacial score (nSPS) is 23.7. The molecule has 2 spiro atoms. The molecule has 4 atom stereocenters. The molecule has 4 saturated heterocycles. The third-order valence-corrected chi connectivity index (χ3v) is 18.5. The summed E-state index contributed by atoms with van der Waals surface area (Å²) in [5.41, 5.74) is 9.07. The summed E-state index contributed by atoms with van der Waals surface area (Å²) in [5.74, 6) is -3.65. The number of benzene rings is 2. The molecule has 3 N–H and O–H groups in total. The van der Waals surface area contributed by atoms with Gasteiger partial charge in [-0.15, -0.1) is 0 Å². The number of pyridine rings is 2. The lowest BCUT2D eigenvalue weighted by Gasteiger charge is -2.34. The maximum Gasteiger partial charge on any atom is 0.322 e. The van der Waals surface area contributed by atoms with Gasteiger partial charge in [0.15, 0.2) is 17.4 Å². The molecule has 4 aromatic rings. The predicted octanol–water partition coefficient (Wildman–Crippen LogP) is 7.11. The van der Waals surface area contributed by atoms with Crippen LogP contribution in [0.3, 0.4) is 0 Å². The van der Waals surface area contributed by atoms with E-state index < -0.39 is 86.8 Å². The number of carbonyl (C=O) groups excluding carboxylic acids is 1. The Balaban J connectivity index is 0.000000158. The number of rotatable bonds is 12. The molecule has 22 heteroatoms. The van der Waals surface area contributed by atoms with E-state index in [9.17, 15) is 52.8 Å². The van der Waals surface area contributed by atoms with Crippen molar-refractivity contribution >= 4 is 43.2 Å². The maximum atomic E-state index is 14.5. The lowest BCUT2D eigenvalue weighted by Crippen LogP contribution is -2.40. The fourth-order valence-corrected chi connectivity index (χ4v) is 13.2. The van der Waals surface area contributed by atoms with E-state index in [2.05, 4.69) is 14.9 Å². The number of hydrogen-bond acceptors (Lipinski definition) is 11. The molecule has 71 heavy (non-hydrogen) atoms. The van der Waals surface area contributed by atoms with Crippen molar-refractivity contribution in [3.05, 3.63) is 108 Å². The zero-order valence-corrected chi connectivity index (χ0v) is 40.5. The van der Waals surface area contributed by atoms with E-state index in [0.717, 1.165) is 104 Å². The first-order valence-corrected chi connectivity index (χ1v) is 26.7. The molecule has 0 bridgehead atoms. The number of sulfonamides is 2. The Labute approximate surface area is 409 Å². The summed E-state index contributed by atoms with van der Waals surface area (Å²) in [6.07, 6.45) is 8.75. The number of carboxylic acid groups (broad SMARTS) is 1. The summed E-state index contributed by atoms with van der Waals surface area (Å²) in [6.45, 7) is 2.94. The standard InChI is InChI=1S/C25H28F3N3O3S.C13H18FN3.C11H11F2NO4S/c26-17-1-4-20(5-2-17)35(33,34)31-16-18(27)13-23(31)24(32)6-3-19-14-22(21(28)15-29-19)30-11-9-25(7-8-25)10-12-30;14-11-9-16-10(8-15)7-12(11)17-5-3-13(1-2-13)4-6-17;12-7-1-3-9(4-2-7)19(17,18)14-6-8(13)5-10(14)11(15)16/h1-2,4-5,14-15,18,23H,3,6-13,16H2;7,9H,1-6,8,15H2;1-4,8,10H,5-6H2,(H,15,16)/t18-,23+;;8-,10+/m1.1/s1. The Morgan fingerprint density at radius 1 is 0.620 bits per heavy atom. The van der Waals surface area contributed by atoms with Crippen LogP contribution >= 0.6 is 0 Å². The van der Waals surface area contributed by atoms with Crippen LogP contribution in [0.1, 0.15) is 82.0 Å². The van der Waals surface area contributed by atoms with E-state index in [0.29, 0.717) is 38.7 Å². The molecule has 384 valence electrons. The Hall–Kier alpha value is -5.16. The number of alkyl halides is 2. The summed E-state index contributed by atoms with van der Waals surface area (Å²) in [4.78, 5) is 35.7. The van der Waals surface area contributed by atoms with Crippen molar-refractivity contribution in [3.63, 3.8) is 0 Å². The number of carboxylic acids is 1. The van der Waals surface area contributed by atoms with Gasteiger partial charge in [0, 0.05) is 70.8 Å². The number of carbonyl (C=O) groups is 2. The van der Waals surface area contributed by atoms with Gasteiger partial charge in [0.1, 0.15) is 30.0 Å². The number of aryl methyl sites for hydroxylation is 1. The number of ketones is 1. The van der Waals surface area contributed by atoms with Crippen LogP contribution in [-0.2, 0) is 42.6 Å². The van der Waals surface area contributed by atoms with Gasteiger partial charge in [-0.25, -0.2) is 43.2 Å². The van der Waals surface area contributed by atoms with Crippen LogP contribution < -0.4 is 15.5 Å². The molecule has 2 aliphatic carbocycles. The average molecular weight is 1030 g/mol. The Kier molecular flexibility index (Phi) is 15.5. The average Bonchev–Trinajstić information content (AvgIpc) is 4.20. The highest BCUT2D eigenvalue weighted by molar-refractivity contribution is 7.89. The highest BCUT2D eigenvalue weighted by Crippen LogP contribution is 2.55. The van der Waals surface area contributed by atoms with Crippen molar-refractivity contribution in [1.29, 1.82) is 0 Å². The van der Waals surface area contributed by atoms with Gasteiger partial charge in [-0.2, -0.15) is 8.61 Å². The smallest absolute Gasteiger partial charge is 0.322 e. The number of anilines is 2. The zero-order valence-electron chi connectivity index (χ0n) is 38.9. The molecule has 0 radical (unpaired) electrons. The van der Waals surface area contributed by atoms with Crippen molar-refractivity contribution < 1.29 is 57.9 Å². The van der Waals surface area contributed by atoms with Gasteiger partial charge < -0.3 is 20.6 Å². The van der Waals surface area contributed by atoms with Gasteiger partial charge >= 0.3 is 5.97 Å². The number of nitrogens with zero attached hydrogens (tertiary/aromatic N) is 6. The molecule has 6 fully saturated rings. The molecule has 14 nitrogen and oxygen atoms in total. The van der Waals surface area contributed by atoms with E-state index in [-0.39, 0.29) is 41.3 Å². The quantitative estimate of drug-likeness (QED) is 0.137. The molecule has 2 aromatic carbocycles. The predicted molar refractivity (Wildman–Crippen MR) is 251 cm³/mol. The summed E-state index contributed by atoms with van der Waals surface area (Å²) in [7, 11) is -8.30. The van der Waals surface area contributed by atoms with E-state index in [1.165, 1.54) is 44.7 Å². The summed E-state index contributed by atoms with van der Waals surface area (Å²) in [5, 5.41) is 8.92. The summed E-state index contributed by atoms with van der Waals surface area (Å²) in [6, 6.07) is 9.06. The van der Waals surface area contributed by atoms with Gasteiger partial charge in [0.05, 0.1) is 45.3 Å². The van der Waals surface area contributed by atoms with Crippen molar-refractivity contribution in [1.82, 2.24) is 18.6 Å². The Morgan fingerprint density at radius 2 is 1.01 bits per heavy atom. The topological polar surface area (TPSA) is 187 Å². The third-order valence-electron chi connectivity index (χ3n) is 14.8. The lowest BCUT2D eigenvalue weighted by atomic mass is 9.93. The van der Waals surface area contributed by atoms with Crippen LogP contribution in [0.2, 0.25) is 0 Å². The summed E-state index contributed by atoms with van der Waals surface area (Å²) < 4.78 is 134. The van der Waals surface area contributed by atoms with E-state index >= 15 is 0 Å². The molecule has 10 rings (SSSR count). The molecular weight excluding hydrogens is 977 g/mol. The number of aromatic nitrogens is 2. The second-order valence-corrected chi connectivity index (χ2v) is 23.3. The fourth-order valence-electron chi connectivity index (χ4n) is 9.93. The number of aliphatic carboxylic acids is 1. The SMILES string of the molecule is NCc1cc(N2CCC3(CC2)CC3)c(F)cn1.O=C(CCc1cc(N2CCC3(CC2)CC3)c(F)cn1)[C@@H]1C[C@@H](F)CN1S(=O)(=O)c1ccc(F)cc1.O=C(O)[C@@H]1C[C@@H](F)CN1S(=O)(=O)c1ccc(F)cc1. The number of nitrogens with two attached hydrogens (primary N) is 1. The molecule has 0 amide bonds. The minimum absolute atomic E-state index is 0.0476. The van der Waals surface area contributed by atoms with Crippen molar-refractivity contribution in [2.24, 2.45) is 16.6 Å². The largest absolute Gasteiger partial charge is 0.480 e. The first-order valence-electron chi connectivity index (χ1n) is 23.8. The van der Waals surface area contributed by atoms with Crippen LogP contribution in [0.15, 0.2) is 82.8 Å². The Morgan fingerprint density at radius 3 is 1.42 bits per heavy atom. The first-order chi connectivity index (χ1) is 33.7. The molecular formula is C49H57F6N7O7S2. The minimum Gasteiger partial charge on any atom is -0.480 e. The number of halogens is 6. The molecule has 6 aliphatic rings. The van der Waals surface area contributed by atoms with E-state index in [4.69, 9.17) is 10.8 Å². The molecule has 0 unspecified atom stereocenters. The highest BCUT2D eigenvalue weighted by atomic mass is 32.2. The van der Waals surface area contributed by atoms with Crippen LogP contribution in [0.4, 0.5) is 37.7 Å². The second kappa shape index (κ2) is 21.1. The molecule has 4 aliphatic heterocycles. The third kappa shape index (κ3) is 12.0. The van der Waals surface area contributed by atoms with Gasteiger partial charge in [-0.05, 0) is 129 Å². The van der Waals surface area contributed by atoms with Crippen molar-refractivity contribution in [2.45, 2.75) is 118 Å². The van der Waals surface area contributed by atoms with Gasteiger partial charge in [-0.3, -0.25) is 19.6 Å². The number of piperidine rings is 2. The van der Waals surface area contributed by atoms with E-state index in [1.807, 2.05) is 4.90 Å². The lowest BCUT2D eigenvalue weighted by molar-refractivity contribution is -0.140. The van der Waals surface area contributed by atoms with Crippen LogP contribution in [0, 0.1) is 34.1 Å². The zero-order chi connectivity index (χ0) is 50.9. The second-order valence-electron chi connectivity index (χ2n) is 19.5. The monoisotopic (exact) mass is 1030 g/mol. The maximum absolute atomic E-state index is 14.5. The molecule has 2 aromatic heterocycles. The van der Waals surface area contributed by atoms with Gasteiger partial charge in [0.2, 0.25) is 20.0 Å². The van der Waals surface area contributed by atoms with Crippen LogP contribution in [-0.4, -0.2) is 116 Å². The highest BCUT2D eigenvalue weighted by Gasteiger charge is 2.47. The van der Waals surface area contributed by atoms with Gasteiger partial charge in [0.25, 0.3) is 0 Å². The molecule has 6 heterocycles. The first kappa shape index (κ1) is 52.2. The number of Topliss-reactive ketones (excluding diaryl/α,β-unsaturated/α-hetero) is 1. The fraction of sp³-hybridized carbons (Fsp3) is 0.510. The van der Waals surface area contributed by atoms with E-state index in [1.54, 1.807) is 12.1 Å².